The summed E-state index contributed by atoms with van der Waals surface area (Å²) in [6.07, 6.45) is -4.85. The topological polar surface area (TPSA) is 68.3 Å². The minimum Gasteiger partial charge on any atom is -0.406 e. The first kappa shape index (κ1) is 21.8. The van der Waals surface area contributed by atoms with Crippen molar-refractivity contribution < 1.29 is 26.3 Å². The maximum absolute atomic E-state index is 12.6. The summed E-state index contributed by atoms with van der Waals surface area (Å²) in [5, 5.41) is 2.72. The highest BCUT2D eigenvalue weighted by molar-refractivity contribution is 7.92. The monoisotopic (exact) mass is 476 g/mol. The first-order chi connectivity index (χ1) is 15.2. The number of hydrogen-bond acceptors (Lipinski definition) is 5. The average Bonchev–Trinajstić information content (AvgIpc) is 3.24. The van der Waals surface area contributed by atoms with E-state index in [-0.39, 0.29) is 4.90 Å². The zero-order chi connectivity index (χ0) is 22.8. The lowest BCUT2D eigenvalue weighted by molar-refractivity contribution is -0.274. The molecule has 1 heterocycles. The number of hydrogen-bond donors (Lipinski definition) is 1. The average molecular weight is 477 g/mol. The Balaban J connectivity index is 1.53. The molecule has 0 fully saturated rings. The largest absolute Gasteiger partial charge is 0.573 e. The van der Waals surface area contributed by atoms with Gasteiger partial charge in [0.05, 0.1) is 10.6 Å². The third-order valence-corrected chi connectivity index (χ3v) is 6.59. The van der Waals surface area contributed by atoms with Crippen LogP contribution in [0.1, 0.15) is 0 Å². The van der Waals surface area contributed by atoms with Crippen LogP contribution in [0.15, 0.2) is 89.1 Å². The van der Waals surface area contributed by atoms with E-state index in [1.54, 1.807) is 18.2 Å². The number of nitrogens with one attached hydrogen (secondary N) is 1. The third kappa shape index (κ3) is 5.27. The molecule has 4 aromatic rings. The van der Waals surface area contributed by atoms with E-state index in [1.165, 1.54) is 11.3 Å². The van der Waals surface area contributed by atoms with Gasteiger partial charge in [-0.2, -0.15) is 0 Å². The molecule has 3 aromatic carbocycles. The van der Waals surface area contributed by atoms with Gasteiger partial charge in [-0.3, -0.25) is 4.72 Å². The summed E-state index contributed by atoms with van der Waals surface area (Å²) in [7, 11) is -4.02. The van der Waals surface area contributed by atoms with Crippen molar-refractivity contribution in [3.05, 3.63) is 84.2 Å². The van der Waals surface area contributed by atoms with Crippen LogP contribution < -0.4 is 9.46 Å². The highest BCUT2D eigenvalue weighted by atomic mass is 32.2. The number of ether oxygens (including phenoxy) is 1. The molecule has 0 amide bonds. The quantitative estimate of drug-likeness (QED) is 0.361. The predicted molar refractivity (Wildman–Crippen MR) is 117 cm³/mol. The summed E-state index contributed by atoms with van der Waals surface area (Å²) in [6, 6.07) is 20.4. The van der Waals surface area contributed by atoms with E-state index in [2.05, 4.69) is 14.4 Å². The lowest BCUT2D eigenvalue weighted by atomic mass is 10.1. The fraction of sp³-hybridized carbons (Fsp3) is 0.0455. The molecule has 5 nitrogen and oxygen atoms in total. The molecule has 0 aliphatic carbocycles. The number of nitrogens with zero attached hydrogens (tertiary/aromatic N) is 1. The molecule has 0 unspecified atom stereocenters. The smallest absolute Gasteiger partial charge is 0.406 e. The van der Waals surface area contributed by atoms with Crippen molar-refractivity contribution in [2.75, 3.05) is 4.72 Å². The molecule has 10 heteroatoms. The van der Waals surface area contributed by atoms with Crippen molar-refractivity contribution in [3.8, 4) is 27.6 Å². The number of alkyl halides is 3. The highest BCUT2D eigenvalue weighted by Gasteiger charge is 2.31. The second kappa shape index (κ2) is 8.64. The zero-order valence-electron chi connectivity index (χ0n) is 16.2. The van der Waals surface area contributed by atoms with Gasteiger partial charge in [-0.25, -0.2) is 13.4 Å². The Bertz CT molecular complexity index is 1320. The van der Waals surface area contributed by atoms with Crippen molar-refractivity contribution in [2.45, 2.75) is 11.3 Å². The van der Waals surface area contributed by atoms with Crippen LogP contribution in [0, 0.1) is 0 Å². The minimum absolute atomic E-state index is 0.197. The van der Waals surface area contributed by atoms with Crippen LogP contribution in [-0.4, -0.2) is 19.8 Å². The van der Waals surface area contributed by atoms with Crippen molar-refractivity contribution in [2.24, 2.45) is 0 Å². The Morgan fingerprint density at radius 2 is 1.56 bits per heavy atom. The van der Waals surface area contributed by atoms with E-state index < -0.39 is 22.1 Å². The van der Waals surface area contributed by atoms with Gasteiger partial charge in [0.2, 0.25) is 0 Å². The molecule has 0 radical (unpaired) electrons. The predicted octanol–water partition coefficient (Wildman–Crippen LogP) is 6.18. The molecule has 164 valence electrons. The summed E-state index contributed by atoms with van der Waals surface area (Å²) in [5.74, 6) is -0.504. The lowest BCUT2D eigenvalue weighted by Gasteiger charge is -2.11. The fourth-order valence-electron chi connectivity index (χ4n) is 2.90. The van der Waals surface area contributed by atoms with Gasteiger partial charge in [0.15, 0.2) is 0 Å². The Kier molecular flexibility index (Phi) is 5.90. The van der Waals surface area contributed by atoms with E-state index in [1.807, 2.05) is 41.8 Å². The molecule has 32 heavy (non-hydrogen) atoms. The molecule has 4 rings (SSSR count). The normalized spacial score (nSPS) is 11.8. The number of thiazole rings is 1. The Morgan fingerprint density at radius 3 is 2.25 bits per heavy atom. The highest BCUT2D eigenvalue weighted by Crippen LogP contribution is 2.30. The summed E-state index contributed by atoms with van der Waals surface area (Å²) >= 11 is 1.48. The van der Waals surface area contributed by atoms with Crippen LogP contribution in [0.4, 0.5) is 18.9 Å². The van der Waals surface area contributed by atoms with E-state index in [4.69, 9.17) is 0 Å². The van der Waals surface area contributed by atoms with E-state index in [9.17, 15) is 21.6 Å². The van der Waals surface area contributed by atoms with Gasteiger partial charge in [0, 0.05) is 22.2 Å². The number of halogens is 3. The van der Waals surface area contributed by atoms with E-state index in [0.29, 0.717) is 11.4 Å². The maximum atomic E-state index is 12.6. The molecular formula is C22H15F3N2O3S2. The fourth-order valence-corrected chi connectivity index (χ4v) is 4.78. The molecule has 0 saturated carbocycles. The van der Waals surface area contributed by atoms with Gasteiger partial charge in [0.25, 0.3) is 10.0 Å². The van der Waals surface area contributed by atoms with Crippen molar-refractivity contribution >= 4 is 27.0 Å². The second-order valence-electron chi connectivity index (χ2n) is 6.61. The number of aromatic nitrogens is 1. The van der Waals surface area contributed by atoms with Gasteiger partial charge in [0.1, 0.15) is 10.8 Å². The van der Waals surface area contributed by atoms with Crippen molar-refractivity contribution in [1.82, 2.24) is 4.98 Å². The summed E-state index contributed by atoms with van der Waals surface area (Å²) in [5.41, 5.74) is 2.70. The Hall–Kier alpha value is -3.37. The minimum atomic E-state index is -4.85. The standard InChI is InChI=1S/C22H15F3N2O3S2/c23-22(24,25)30-18-9-11-19(12-10-18)32(28,29)27-17-8-4-7-16(13-17)20-14-31-21(26-20)15-5-2-1-3-6-15/h1-14,27H. The molecule has 0 spiro atoms. The number of rotatable bonds is 6. The van der Waals surface area contributed by atoms with Crippen LogP contribution in [0.25, 0.3) is 21.8 Å². The number of benzene rings is 3. The summed E-state index contributed by atoms with van der Waals surface area (Å²) in [6.45, 7) is 0. The van der Waals surface area contributed by atoms with Gasteiger partial charge in [-0.15, -0.1) is 24.5 Å². The lowest BCUT2D eigenvalue weighted by Crippen LogP contribution is -2.17. The number of anilines is 1. The number of sulfonamides is 1. The third-order valence-electron chi connectivity index (χ3n) is 4.30. The molecule has 0 aliphatic heterocycles. The molecule has 0 saturated heterocycles. The Morgan fingerprint density at radius 1 is 0.875 bits per heavy atom. The first-order valence-electron chi connectivity index (χ1n) is 9.20. The van der Waals surface area contributed by atoms with Crippen molar-refractivity contribution in [1.29, 1.82) is 0 Å². The van der Waals surface area contributed by atoms with Gasteiger partial charge in [-0.05, 0) is 36.4 Å². The SMILES string of the molecule is O=S(=O)(Nc1cccc(-c2csc(-c3ccccc3)n2)c1)c1ccc(OC(F)(F)F)cc1. The maximum Gasteiger partial charge on any atom is 0.573 e. The zero-order valence-corrected chi connectivity index (χ0v) is 17.8. The summed E-state index contributed by atoms with van der Waals surface area (Å²) < 4.78 is 68.3. The summed E-state index contributed by atoms with van der Waals surface area (Å²) in [4.78, 5) is 4.42. The first-order valence-corrected chi connectivity index (χ1v) is 11.6. The van der Waals surface area contributed by atoms with Crippen LogP contribution in [0.5, 0.6) is 5.75 Å². The molecule has 0 bridgehead atoms. The Labute approximate surface area is 186 Å². The van der Waals surface area contributed by atoms with Gasteiger partial charge >= 0.3 is 6.36 Å². The van der Waals surface area contributed by atoms with Gasteiger partial charge in [-0.1, -0.05) is 42.5 Å². The van der Waals surface area contributed by atoms with Gasteiger partial charge < -0.3 is 4.74 Å². The van der Waals surface area contributed by atoms with Crippen LogP contribution in [-0.2, 0) is 10.0 Å². The van der Waals surface area contributed by atoms with Crippen LogP contribution in [0.2, 0.25) is 0 Å². The van der Waals surface area contributed by atoms with Crippen LogP contribution in [0.3, 0.4) is 0 Å². The molecule has 1 aromatic heterocycles. The molecule has 0 aliphatic rings. The van der Waals surface area contributed by atoms with Crippen LogP contribution >= 0.6 is 11.3 Å². The molecule has 0 atom stereocenters. The van der Waals surface area contributed by atoms with E-state index in [0.717, 1.165) is 40.4 Å². The van der Waals surface area contributed by atoms with E-state index >= 15 is 0 Å². The second-order valence-corrected chi connectivity index (χ2v) is 9.15. The molecular weight excluding hydrogens is 461 g/mol. The molecule has 1 N–H and O–H groups in total. The van der Waals surface area contributed by atoms with Crippen molar-refractivity contribution in [3.63, 3.8) is 0 Å².